The highest BCUT2D eigenvalue weighted by molar-refractivity contribution is 5.96. The van der Waals surface area contributed by atoms with Crippen molar-refractivity contribution in [1.82, 2.24) is 4.90 Å². The number of carbonyl (C=O) groups excluding carboxylic acids is 1. The first-order valence-electron chi connectivity index (χ1n) is 5.75. The van der Waals surface area contributed by atoms with E-state index in [2.05, 4.69) is 6.92 Å². The molecule has 0 aliphatic heterocycles. The van der Waals surface area contributed by atoms with Gasteiger partial charge in [-0.1, -0.05) is 6.92 Å². The maximum atomic E-state index is 12.2. The molecule has 0 atom stereocenters. The average molecular weight is 220 g/mol. The largest absolute Gasteiger partial charge is 0.399 e. The fraction of sp³-hybridized carbons (Fsp3) is 0.462. The standard InChI is InChI=1S/C13H20N2O/c1-4-8-15(5-2)13(16)12-7-6-11(14)9-10(12)3/h6-7,9H,4-5,8,14H2,1-3H3. The van der Waals surface area contributed by atoms with Crippen LogP contribution in [0, 0.1) is 6.92 Å². The summed E-state index contributed by atoms with van der Waals surface area (Å²) in [6.07, 6.45) is 0.980. The number of nitrogen functional groups attached to an aromatic ring is 1. The molecule has 1 aromatic rings. The molecule has 1 aromatic carbocycles. The topological polar surface area (TPSA) is 46.3 Å². The van der Waals surface area contributed by atoms with Crippen LogP contribution in [-0.2, 0) is 0 Å². The molecule has 0 aliphatic rings. The van der Waals surface area contributed by atoms with Crippen molar-refractivity contribution in [1.29, 1.82) is 0 Å². The lowest BCUT2D eigenvalue weighted by Crippen LogP contribution is -2.31. The molecule has 0 bridgehead atoms. The quantitative estimate of drug-likeness (QED) is 0.792. The summed E-state index contributed by atoms with van der Waals surface area (Å²) in [6.45, 7) is 7.55. The number of aryl methyl sites for hydroxylation is 1. The van der Waals surface area contributed by atoms with E-state index in [9.17, 15) is 4.79 Å². The number of benzene rings is 1. The summed E-state index contributed by atoms with van der Waals surface area (Å²) >= 11 is 0. The third-order valence-electron chi connectivity index (χ3n) is 2.64. The van der Waals surface area contributed by atoms with Gasteiger partial charge in [-0.15, -0.1) is 0 Å². The van der Waals surface area contributed by atoms with E-state index in [4.69, 9.17) is 5.73 Å². The van der Waals surface area contributed by atoms with Crippen LogP contribution in [0.15, 0.2) is 18.2 Å². The molecule has 0 aliphatic carbocycles. The highest BCUT2D eigenvalue weighted by atomic mass is 16.2. The number of hydrogen-bond donors (Lipinski definition) is 1. The Morgan fingerprint density at radius 1 is 1.38 bits per heavy atom. The van der Waals surface area contributed by atoms with Crippen LogP contribution >= 0.6 is 0 Å². The minimum Gasteiger partial charge on any atom is -0.399 e. The van der Waals surface area contributed by atoms with Gasteiger partial charge in [-0.2, -0.15) is 0 Å². The van der Waals surface area contributed by atoms with E-state index in [1.807, 2.05) is 30.9 Å². The Hall–Kier alpha value is -1.51. The van der Waals surface area contributed by atoms with E-state index >= 15 is 0 Å². The maximum absolute atomic E-state index is 12.2. The molecule has 2 N–H and O–H groups in total. The highest BCUT2D eigenvalue weighted by Gasteiger charge is 2.15. The number of carbonyl (C=O) groups is 1. The first kappa shape index (κ1) is 12.6. The molecule has 3 heteroatoms. The van der Waals surface area contributed by atoms with E-state index in [0.717, 1.165) is 30.6 Å². The molecule has 0 heterocycles. The molecule has 0 unspecified atom stereocenters. The smallest absolute Gasteiger partial charge is 0.254 e. The van der Waals surface area contributed by atoms with Gasteiger partial charge in [0, 0.05) is 24.3 Å². The Labute approximate surface area is 97.2 Å². The second-order valence-corrected chi connectivity index (χ2v) is 3.96. The number of nitrogens with two attached hydrogens (primary N) is 1. The summed E-state index contributed by atoms with van der Waals surface area (Å²) < 4.78 is 0. The summed E-state index contributed by atoms with van der Waals surface area (Å²) in [4.78, 5) is 14.0. The van der Waals surface area contributed by atoms with Crippen LogP contribution < -0.4 is 5.73 Å². The van der Waals surface area contributed by atoms with E-state index in [1.165, 1.54) is 0 Å². The van der Waals surface area contributed by atoms with Crippen LogP contribution in [0.25, 0.3) is 0 Å². The van der Waals surface area contributed by atoms with E-state index in [1.54, 1.807) is 6.07 Å². The van der Waals surface area contributed by atoms with Gasteiger partial charge in [0.2, 0.25) is 0 Å². The van der Waals surface area contributed by atoms with Crippen LogP contribution in [0.5, 0.6) is 0 Å². The monoisotopic (exact) mass is 220 g/mol. The lowest BCUT2D eigenvalue weighted by atomic mass is 10.1. The highest BCUT2D eigenvalue weighted by Crippen LogP contribution is 2.14. The Morgan fingerprint density at radius 2 is 2.06 bits per heavy atom. The Balaban J connectivity index is 2.94. The van der Waals surface area contributed by atoms with Crippen LogP contribution in [0.2, 0.25) is 0 Å². The van der Waals surface area contributed by atoms with Crippen molar-refractivity contribution in [3.63, 3.8) is 0 Å². The Morgan fingerprint density at radius 3 is 2.56 bits per heavy atom. The zero-order chi connectivity index (χ0) is 12.1. The van der Waals surface area contributed by atoms with Crippen LogP contribution in [0.3, 0.4) is 0 Å². The first-order chi connectivity index (χ1) is 7.60. The van der Waals surface area contributed by atoms with E-state index < -0.39 is 0 Å². The maximum Gasteiger partial charge on any atom is 0.254 e. The molecule has 0 aromatic heterocycles. The van der Waals surface area contributed by atoms with Gasteiger partial charge in [-0.3, -0.25) is 4.79 Å². The second kappa shape index (κ2) is 5.54. The van der Waals surface area contributed by atoms with Crippen LogP contribution in [0.1, 0.15) is 36.2 Å². The summed E-state index contributed by atoms with van der Waals surface area (Å²) in [6, 6.07) is 5.43. The summed E-state index contributed by atoms with van der Waals surface area (Å²) in [7, 11) is 0. The van der Waals surface area contributed by atoms with Crippen molar-refractivity contribution in [2.24, 2.45) is 0 Å². The SMILES string of the molecule is CCCN(CC)C(=O)c1ccc(N)cc1C. The number of nitrogens with zero attached hydrogens (tertiary/aromatic N) is 1. The zero-order valence-electron chi connectivity index (χ0n) is 10.3. The molecule has 0 spiro atoms. The van der Waals surface area contributed by atoms with Gasteiger partial charge in [0.05, 0.1) is 0 Å². The Bertz CT molecular complexity index is 374. The summed E-state index contributed by atoms with van der Waals surface area (Å²) in [5, 5.41) is 0. The number of amides is 1. The van der Waals surface area contributed by atoms with Crippen LogP contribution in [-0.4, -0.2) is 23.9 Å². The van der Waals surface area contributed by atoms with Gasteiger partial charge in [-0.25, -0.2) is 0 Å². The normalized spacial score (nSPS) is 10.2. The fourth-order valence-corrected chi connectivity index (χ4v) is 1.77. The predicted molar refractivity (Wildman–Crippen MR) is 67.5 cm³/mol. The molecule has 0 saturated carbocycles. The van der Waals surface area contributed by atoms with Crippen molar-refractivity contribution < 1.29 is 4.79 Å². The van der Waals surface area contributed by atoms with E-state index in [0.29, 0.717) is 5.69 Å². The Kier molecular flexibility index (Phi) is 4.35. The summed E-state index contributed by atoms with van der Waals surface area (Å²) in [5.74, 6) is 0.0989. The second-order valence-electron chi connectivity index (χ2n) is 3.96. The summed E-state index contributed by atoms with van der Waals surface area (Å²) in [5.41, 5.74) is 8.07. The average Bonchev–Trinajstić information content (AvgIpc) is 2.25. The van der Waals surface area contributed by atoms with Gasteiger partial charge in [0.15, 0.2) is 0 Å². The molecule has 0 saturated heterocycles. The number of hydrogen-bond acceptors (Lipinski definition) is 2. The molecule has 3 nitrogen and oxygen atoms in total. The minimum atomic E-state index is 0.0989. The van der Waals surface area contributed by atoms with Gasteiger partial charge in [-0.05, 0) is 44.0 Å². The fourth-order valence-electron chi connectivity index (χ4n) is 1.77. The zero-order valence-corrected chi connectivity index (χ0v) is 10.3. The number of rotatable bonds is 4. The van der Waals surface area contributed by atoms with Gasteiger partial charge < -0.3 is 10.6 Å². The van der Waals surface area contributed by atoms with Gasteiger partial charge >= 0.3 is 0 Å². The first-order valence-corrected chi connectivity index (χ1v) is 5.75. The van der Waals surface area contributed by atoms with Crippen LogP contribution in [0.4, 0.5) is 5.69 Å². The lowest BCUT2D eigenvalue weighted by Gasteiger charge is -2.21. The van der Waals surface area contributed by atoms with Crippen molar-refractivity contribution in [3.05, 3.63) is 29.3 Å². The molecule has 0 radical (unpaired) electrons. The van der Waals surface area contributed by atoms with Gasteiger partial charge in [0.25, 0.3) is 5.91 Å². The molecular weight excluding hydrogens is 200 g/mol. The lowest BCUT2D eigenvalue weighted by molar-refractivity contribution is 0.0764. The third kappa shape index (κ3) is 2.75. The molecule has 1 amide bonds. The molecule has 88 valence electrons. The van der Waals surface area contributed by atoms with Crippen molar-refractivity contribution in [3.8, 4) is 0 Å². The van der Waals surface area contributed by atoms with Crippen molar-refractivity contribution >= 4 is 11.6 Å². The minimum absolute atomic E-state index is 0.0989. The molecule has 1 rings (SSSR count). The number of anilines is 1. The molecule has 0 fully saturated rings. The predicted octanol–water partition coefficient (Wildman–Crippen LogP) is 2.45. The van der Waals surface area contributed by atoms with Gasteiger partial charge in [0.1, 0.15) is 0 Å². The molecule has 16 heavy (non-hydrogen) atoms. The molecular formula is C13H20N2O. The van der Waals surface area contributed by atoms with Crippen molar-refractivity contribution in [2.45, 2.75) is 27.2 Å². The van der Waals surface area contributed by atoms with E-state index in [-0.39, 0.29) is 5.91 Å². The van der Waals surface area contributed by atoms with Crippen molar-refractivity contribution in [2.75, 3.05) is 18.8 Å². The third-order valence-corrected chi connectivity index (χ3v) is 2.64.